The smallest absolute Gasteiger partial charge is 0.488 e. The van der Waals surface area contributed by atoms with E-state index in [1.54, 1.807) is 36.0 Å². The summed E-state index contributed by atoms with van der Waals surface area (Å²) in [6.07, 6.45) is -4.40. The van der Waals surface area contributed by atoms with E-state index in [1.165, 1.54) is 18.2 Å². The second-order valence-electron chi connectivity index (χ2n) is 7.35. The average molecular weight is 431 g/mol. The molecule has 0 saturated heterocycles. The zero-order chi connectivity index (χ0) is 22.2. The van der Waals surface area contributed by atoms with E-state index in [1.807, 2.05) is 13.0 Å². The number of hydrogen-bond donors (Lipinski definition) is 1. The lowest BCUT2D eigenvalue weighted by atomic mass is 10.0. The van der Waals surface area contributed by atoms with Crippen LogP contribution in [0.3, 0.4) is 0 Å². The van der Waals surface area contributed by atoms with Crippen LogP contribution in [-0.2, 0) is 13.5 Å². The largest absolute Gasteiger partial charge is 0.573 e. The minimum absolute atomic E-state index is 0.237. The summed E-state index contributed by atoms with van der Waals surface area (Å²) in [5.41, 5.74) is 3.51. The molecule has 4 rings (SSSR count). The first-order chi connectivity index (χ1) is 14.7. The third-order valence-corrected chi connectivity index (χ3v) is 5.04. The number of aromatic nitrogens is 2. The molecule has 2 aromatic carbocycles. The lowest BCUT2D eigenvalue weighted by molar-refractivity contribution is -0.274. The Labute approximate surface area is 176 Å². The third-order valence-electron chi connectivity index (χ3n) is 5.04. The molecule has 3 aromatic rings. The number of nitrogens with one attached hydrogen (secondary N) is 1. The van der Waals surface area contributed by atoms with E-state index in [0.717, 1.165) is 16.8 Å². The molecule has 1 aliphatic rings. The zero-order valence-corrected chi connectivity index (χ0v) is 16.9. The van der Waals surface area contributed by atoms with Crippen molar-refractivity contribution < 1.29 is 27.4 Å². The van der Waals surface area contributed by atoms with E-state index in [-0.39, 0.29) is 17.8 Å². The molecule has 1 unspecified atom stereocenters. The third kappa shape index (κ3) is 4.82. The van der Waals surface area contributed by atoms with Crippen LogP contribution in [-0.4, -0.2) is 34.7 Å². The van der Waals surface area contributed by atoms with Crippen LogP contribution in [0.1, 0.15) is 21.7 Å². The molecule has 0 radical (unpaired) electrons. The fourth-order valence-electron chi connectivity index (χ4n) is 3.46. The van der Waals surface area contributed by atoms with Crippen molar-refractivity contribution in [3.8, 4) is 22.6 Å². The van der Waals surface area contributed by atoms with Crippen molar-refractivity contribution in [1.29, 1.82) is 0 Å². The van der Waals surface area contributed by atoms with E-state index in [2.05, 4.69) is 15.2 Å². The molecule has 162 valence electrons. The molecule has 0 fully saturated rings. The van der Waals surface area contributed by atoms with E-state index in [4.69, 9.17) is 4.74 Å². The summed E-state index contributed by atoms with van der Waals surface area (Å²) in [5.74, 6) is 0.150. The fourth-order valence-corrected chi connectivity index (χ4v) is 3.46. The van der Waals surface area contributed by atoms with Gasteiger partial charge in [0.2, 0.25) is 0 Å². The Balaban J connectivity index is 1.41. The van der Waals surface area contributed by atoms with Crippen molar-refractivity contribution in [3.05, 3.63) is 65.5 Å². The predicted octanol–water partition coefficient (Wildman–Crippen LogP) is 4.03. The minimum Gasteiger partial charge on any atom is -0.488 e. The normalized spacial score (nSPS) is 15.3. The number of fused-ring (bicyclic) bond motifs is 1. The highest BCUT2D eigenvalue weighted by molar-refractivity contribution is 5.92. The molecule has 0 bridgehead atoms. The minimum atomic E-state index is -4.74. The molecule has 0 aliphatic carbocycles. The molecule has 9 heteroatoms. The van der Waals surface area contributed by atoms with Gasteiger partial charge in [0.05, 0.1) is 6.54 Å². The quantitative estimate of drug-likeness (QED) is 0.663. The molecule has 1 N–H and O–H groups in total. The Hall–Kier alpha value is -3.49. The van der Waals surface area contributed by atoms with Crippen LogP contribution in [0.5, 0.6) is 11.5 Å². The van der Waals surface area contributed by atoms with Gasteiger partial charge in [0.15, 0.2) is 0 Å². The van der Waals surface area contributed by atoms with E-state index in [0.29, 0.717) is 30.0 Å². The van der Waals surface area contributed by atoms with Crippen molar-refractivity contribution in [2.75, 3.05) is 6.54 Å². The summed E-state index contributed by atoms with van der Waals surface area (Å²) in [6.45, 7) is 2.18. The van der Waals surface area contributed by atoms with Gasteiger partial charge in [-0.2, -0.15) is 5.10 Å². The summed E-state index contributed by atoms with van der Waals surface area (Å²) in [6, 6.07) is 13.0. The Morgan fingerprint density at radius 3 is 2.71 bits per heavy atom. The second kappa shape index (κ2) is 7.98. The maximum Gasteiger partial charge on any atom is 0.573 e. The van der Waals surface area contributed by atoms with Crippen LogP contribution in [0.25, 0.3) is 11.1 Å². The molecule has 2 heterocycles. The molecule has 6 nitrogen and oxygen atoms in total. The topological polar surface area (TPSA) is 65.4 Å². The molecular formula is C22H20F3N3O3. The molecule has 0 spiro atoms. The molecule has 31 heavy (non-hydrogen) atoms. The van der Waals surface area contributed by atoms with Gasteiger partial charge in [0.1, 0.15) is 23.3 Å². The Bertz CT molecular complexity index is 1110. The van der Waals surface area contributed by atoms with Gasteiger partial charge in [-0.1, -0.05) is 18.2 Å². The fraction of sp³-hybridized carbons (Fsp3) is 0.273. The number of carbonyl (C=O) groups is 1. The summed E-state index contributed by atoms with van der Waals surface area (Å²) in [4.78, 5) is 12.3. The van der Waals surface area contributed by atoms with Gasteiger partial charge in [0.25, 0.3) is 5.91 Å². The summed E-state index contributed by atoms with van der Waals surface area (Å²) < 4.78 is 49.0. The Morgan fingerprint density at radius 1 is 1.23 bits per heavy atom. The highest BCUT2D eigenvalue weighted by Gasteiger charge is 2.31. The van der Waals surface area contributed by atoms with Crippen molar-refractivity contribution >= 4 is 5.91 Å². The SMILES string of the molecule is Cc1cc(C(=O)NCC2Cc3cc(-c4cccc(OC(F)(F)F)c4)ccc3O2)nn1C. The predicted molar refractivity (Wildman–Crippen MR) is 107 cm³/mol. The number of carbonyl (C=O) groups excluding carboxylic acids is 1. The number of rotatable bonds is 5. The van der Waals surface area contributed by atoms with Gasteiger partial charge in [-0.15, -0.1) is 13.2 Å². The van der Waals surface area contributed by atoms with Crippen molar-refractivity contribution in [1.82, 2.24) is 15.1 Å². The van der Waals surface area contributed by atoms with Crippen molar-refractivity contribution in [2.45, 2.75) is 25.8 Å². The maximum atomic E-state index is 12.5. The molecule has 1 aliphatic heterocycles. The van der Waals surface area contributed by atoms with Crippen LogP contribution in [0.4, 0.5) is 13.2 Å². The van der Waals surface area contributed by atoms with Crippen LogP contribution >= 0.6 is 0 Å². The van der Waals surface area contributed by atoms with Gasteiger partial charge in [-0.25, -0.2) is 0 Å². The first-order valence-corrected chi connectivity index (χ1v) is 9.62. The number of alkyl halides is 3. The molecule has 1 atom stereocenters. The molecule has 0 saturated carbocycles. The monoisotopic (exact) mass is 431 g/mol. The van der Waals surface area contributed by atoms with Crippen molar-refractivity contribution in [2.24, 2.45) is 7.05 Å². The van der Waals surface area contributed by atoms with Crippen LogP contribution < -0.4 is 14.8 Å². The summed E-state index contributed by atoms with van der Waals surface area (Å²) in [7, 11) is 1.77. The number of amides is 1. The van der Waals surface area contributed by atoms with E-state index in [9.17, 15) is 18.0 Å². The number of aryl methyl sites for hydroxylation is 2. The van der Waals surface area contributed by atoms with Crippen LogP contribution in [0.2, 0.25) is 0 Å². The second-order valence-corrected chi connectivity index (χ2v) is 7.35. The summed E-state index contributed by atoms with van der Waals surface area (Å²) >= 11 is 0. The van der Waals surface area contributed by atoms with Crippen LogP contribution in [0, 0.1) is 6.92 Å². The number of hydrogen-bond acceptors (Lipinski definition) is 4. The van der Waals surface area contributed by atoms with Gasteiger partial charge in [-0.3, -0.25) is 9.48 Å². The average Bonchev–Trinajstić information content (AvgIpc) is 3.27. The first kappa shape index (κ1) is 20.8. The molecule has 1 aromatic heterocycles. The highest BCUT2D eigenvalue weighted by atomic mass is 19.4. The number of benzene rings is 2. The number of nitrogens with zero attached hydrogens (tertiary/aromatic N) is 2. The van der Waals surface area contributed by atoms with Crippen molar-refractivity contribution in [3.63, 3.8) is 0 Å². The van der Waals surface area contributed by atoms with Gasteiger partial charge in [-0.05, 0) is 53.9 Å². The van der Waals surface area contributed by atoms with Gasteiger partial charge < -0.3 is 14.8 Å². The highest BCUT2D eigenvalue weighted by Crippen LogP contribution is 2.34. The Kier molecular flexibility index (Phi) is 5.34. The van der Waals surface area contributed by atoms with E-state index < -0.39 is 6.36 Å². The molecule has 1 amide bonds. The number of ether oxygens (including phenoxy) is 2. The van der Waals surface area contributed by atoms with Crippen LogP contribution in [0.15, 0.2) is 48.5 Å². The maximum absolute atomic E-state index is 12.5. The Morgan fingerprint density at radius 2 is 2.00 bits per heavy atom. The summed E-state index contributed by atoms with van der Waals surface area (Å²) in [5, 5.41) is 6.98. The molecular weight excluding hydrogens is 411 g/mol. The van der Waals surface area contributed by atoms with E-state index >= 15 is 0 Å². The van der Waals surface area contributed by atoms with Gasteiger partial charge in [0, 0.05) is 19.2 Å². The lowest BCUT2D eigenvalue weighted by Crippen LogP contribution is -2.34. The first-order valence-electron chi connectivity index (χ1n) is 9.62. The van der Waals surface area contributed by atoms with Gasteiger partial charge >= 0.3 is 6.36 Å². The standard InChI is InChI=1S/C22H20F3N3O3/c1-13-8-19(27-28(13)2)21(29)26-12-18-11-16-9-15(6-7-20(16)30-18)14-4-3-5-17(10-14)31-22(23,24)25/h3-10,18H,11-12H2,1-2H3,(H,26,29). The lowest BCUT2D eigenvalue weighted by Gasteiger charge is -2.11. The number of halogens is 3. The zero-order valence-electron chi connectivity index (χ0n) is 16.9.